The van der Waals surface area contributed by atoms with Crippen molar-refractivity contribution in [2.45, 2.75) is 64.5 Å². The summed E-state index contributed by atoms with van der Waals surface area (Å²) in [6, 6.07) is 13.1. The highest BCUT2D eigenvalue weighted by Gasteiger charge is 2.40. The average Bonchev–Trinajstić information content (AvgIpc) is 2.77. The summed E-state index contributed by atoms with van der Waals surface area (Å²) in [5, 5.41) is 1.98. The number of allylic oxidation sites excluding steroid dienone is 4. The molecule has 3 nitrogen and oxygen atoms in total. The molecular weight excluding hydrogens is 446 g/mol. The van der Waals surface area contributed by atoms with Crippen molar-refractivity contribution >= 4 is 16.9 Å². The predicted octanol–water partition coefficient (Wildman–Crippen LogP) is 7.93. The average molecular weight is 478 g/mol. The second-order valence-corrected chi connectivity index (χ2v) is 9.65. The molecule has 0 fully saturated rings. The number of carbonyl (C=O) groups is 1. The zero-order chi connectivity index (χ0) is 25.1. The quantitative estimate of drug-likeness (QED) is 0.395. The molecule has 0 aliphatic heterocycles. The van der Waals surface area contributed by atoms with Gasteiger partial charge in [0.2, 0.25) is 0 Å². The van der Waals surface area contributed by atoms with Crippen LogP contribution in [0.4, 0.5) is 22.4 Å². The van der Waals surface area contributed by atoms with Crippen LogP contribution in [-0.4, -0.2) is 35.5 Å². The standard InChI is InChI=1S/C27H31F4NO2/c1-18(22-14-8-10-19-9-5-6-13-23(19)22)32(25(33)34-26(2,3)4)16-15-24(28)20-11-7-12-21(17-20)27(29,30)31/h5-14,18,21,24H,15-17H2,1-4H3/t18-,21?,24?/m1/s1. The molecular formula is C27H31F4NO2. The summed E-state index contributed by atoms with van der Waals surface area (Å²) in [5.41, 5.74) is 0.225. The fraction of sp³-hybridized carbons (Fsp3) is 0.444. The lowest BCUT2D eigenvalue weighted by molar-refractivity contribution is -0.161. The van der Waals surface area contributed by atoms with E-state index in [0.29, 0.717) is 0 Å². The number of alkyl halides is 4. The molecule has 0 radical (unpaired) electrons. The number of benzene rings is 2. The van der Waals surface area contributed by atoms with Crippen LogP contribution in [-0.2, 0) is 4.74 Å². The van der Waals surface area contributed by atoms with Gasteiger partial charge < -0.3 is 9.64 Å². The normalized spacial score (nSPS) is 18.4. The topological polar surface area (TPSA) is 29.5 Å². The lowest BCUT2D eigenvalue weighted by atomic mass is 9.90. The van der Waals surface area contributed by atoms with Gasteiger partial charge in [-0.1, -0.05) is 60.7 Å². The van der Waals surface area contributed by atoms with E-state index < -0.39 is 42.4 Å². The minimum absolute atomic E-state index is 0.00178. The van der Waals surface area contributed by atoms with Crippen LogP contribution in [0.25, 0.3) is 10.8 Å². The highest BCUT2D eigenvalue weighted by atomic mass is 19.4. The number of ether oxygens (including phenoxy) is 1. The Bertz CT molecular complexity index is 1060. The summed E-state index contributed by atoms with van der Waals surface area (Å²) in [6.07, 6.45) is -3.43. The van der Waals surface area contributed by atoms with Crippen LogP contribution in [0.2, 0.25) is 0 Å². The molecule has 0 N–H and O–H groups in total. The van der Waals surface area contributed by atoms with Gasteiger partial charge in [0.1, 0.15) is 11.8 Å². The molecule has 34 heavy (non-hydrogen) atoms. The SMILES string of the molecule is C[C@H](c1cccc2ccccc12)N(CCC(F)C1=CC=CC(C(F)(F)F)C1)C(=O)OC(C)(C)C. The summed E-state index contributed by atoms with van der Waals surface area (Å²) >= 11 is 0. The van der Waals surface area contributed by atoms with Gasteiger partial charge >= 0.3 is 12.3 Å². The maximum Gasteiger partial charge on any atom is 0.410 e. The van der Waals surface area contributed by atoms with Crippen LogP contribution in [0.15, 0.2) is 66.3 Å². The van der Waals surface area contributed by atoms with Crippen molar-refractivity contribution in [1.29, 1.82) is 0 Å². The molecule has 0 heterocycles. The van der Waals surface area contributed by atoms with Crippen LogP contribution < -0.4 is 0 Å². The van der Waals surface area contributed by atoms with Crippen molar-refractivity contribution in [2.24, 2.45) is 5.92 Å². The van der Waals surface area contributed by atoms with Crippen LogP contribution in [0.3, 0.4) is 0 Å². The van der Waals surface area contributed by atoms with E-state index in [4.69, 9.17) is 4.74 Å². The number of fused-ring (bicyclic) bond motifs is 1. The van der Waals surface area contributed by atoms with Crippen LogP contribution in [0, 0.1) is 5.92 Å². The van der Waals surface area contributed by atoms with E-state index >= 15 is 4.39 Å². The molecule has 2 unspecified atom stereocenters. The number of rotatable bonds is 6. The molecule has 0 bridgehead atoms. The number of hydrogen-bond donors (Lipinski definition) is 0. The van der Waals surface area contributed by atoms with Crippen molar-refractivity contribution in [3.63, 3.8) is 0 Å². The summed E-state index contributed by atoms with van der Waals surface area (Å²) in [4.78, 5) is 14.5. The van der Waals surface area contributed by atoms with Crippen molar-refractivity contribution in [1.82, 2.24) is 4.90 Å². The number of hydrogen-bond acceptors (Lipinski definition) is 2. The molecule has 7 heteroatoms. The van der Waals surface area contributed by atoms with Crippen LogP contribution >= 0.6 is 0 Å². The lowest BCUT2D eigenvalue weighted by Crippen LogP contribution is -2.40. The molecule has 1 aliphatic carbocycles. The van der Waals surface area contributed by atoms with E-state index in [1.807, 2.05) is 49.4 Å². The molecule has 1 aliphatic rings. The first-order valence-electron chi connectivity index (χ1n) is 11.4. The second-order valence-electron chi connectivity index (χ2n) is 9.65. The van der Waals surface area contributed by atoms with E-state index in [2.05, 4.69) is 0 Å². The molecule has 184 valence electrons. The Morgan fingerprint density at radius 1 is 1.12 bits per heavy atom. The second kappa shape index (κ2) is 10.2. The summed E-state index contributed by atoms with van der Waals surface area (Å²) in [7, 11) is 0. The van der Waals surface area contributed by atoms with Gasteiger partial charge in [-0.25, -0.2) is 9.18 Å². The van der Waals surface area contributed by atoms with E-state index in [1.165, 1.54) is 17.1 Å². The van der Waals surface area contributed by atoms with E-state index in [1.54, 1.807) is 20.8 Å². The number of halogens is 4. The summed E-state index contributed by atoms with van der Waals surface area (Å²) in [5.74, 6) is -1.69. The van der Waals surface area contributed by atoms with E-state index in [0.717, 1.165) is 22.4 Å². The summed E-state index contributed by atoms with van der Waals surface area (Å²) < 4.78 is 60.0. The number of amides is 1. The fourth-order valence-electron chi connectivity index (χ4n) is 4.14. The lowest BCUT2D eigenvalue weighted by Gasteiger charge is -2.33. The highest BCUT2D eigenvalue weighted by Crippen LogP contribution is 2.37. The number of carbonyl (C=O) groups excluding carboxylic acids is 1. The van der Waals surface area contributed by atoms with Crippen molar-refractivity contribution in [2.75, 3.05) is 6.54 Å². The Morgan fingerprint density at radius 2 is 1.79 bits per heavy atom. The molecule has 0 saturated heterocycles. The first-order valence-corrected chi connectivity index (χ1v) is 11.4. The summed E-state index contributed by atoms with van der Waals surface area (Å²) in [6.45, 7) is 7.10. The van der Waals surface area contributed by atoms with Gasteiger partial charge in [-0.05, 0) is 56.0 Å². The van der Waals surface area contributed by atoms with Gasteiger partial charge in [-0.3, -0.25) is 0 Å². The molecule has 1 amide bonds. The number of nitrogens with zero attached hydrogens (tertiary/aromatic N) is 1. The monoisotopic (exact) mass is 477 g/mol. The largest absolute Gasteiger partial charge is 0.444 e. The van der Waals surface area contributed by atoms with Gasteiger partial charge in [0.05, 0.1) is 12.0 Å². The van der Waals surface area contributed by atoms with Gasteiger partial charge in [-0.2, -0.15) is 13.2 Å². The van der Waals surface area contributed by atoms with Gasteiger partial charge in [-0.15, -0.1) is 0 Å². The fourth-order valence-corrected chi connectivity index (χ4v) is 4.14. The molecule has 0 aromatic heterocycles. The smallest absolute Gasteiger partial charge is 0.410 e. The van der Waals surface area contributed by atoms with E-state index in [-0.39, 0.29) is 18.5 Å². The van der Waals surface area contributed by atoms with Crippen molar-refractivity contribution < 1.29 is 27.1 Å². The van der Waals surface area contributed by atoms with E-state index in [9.17, 15) is 18.0 Å². The first kappa shape index (κ1) is 25.8. The minimum atomic E-state index is -4.42. The maximum absolute atomic E-state index is 15.1. The Balaban J connectivity index is 1.82. The Labute approximate surface area is 198 Å². The van der Waals surface area contributed by atoms with Crippen molar-refractivity contribution in [3.05, 3.63) is 71.8 Å². The first-order chi connectivity index (χ1) is 15.9. The minimum Gasteiger partial charge on any atom is -0.444 e. The van der Waals surface area contributed by atoms with Crippen LogP contribution in [0.1, 0.15) is 52.1 Å². The predicted molar refractivity (Wildman–Crippen MR) is 126 cm³/mol. The third kappa shape index (κ3) is 6.39. The van der Waals surface area contributed by atoms with Crippen LogP contribution in [0.5, 0.6) is 0 Å². The zero-order valence-electron chi connectivity index (χ0n) is 19.9. The zero-order valence-corrected chi connectivity index (χ0v) is 19.9. The van der Waals surface area contributed by atoms with Gasteiger partial charge in [0.15, 0.2) is 0 Å². The third-order valence-electron chi connectivity index (χ3n) is 5.92. The molecule has 0 spiro atoms. The van der Waals surface area contributed by atoms with Gasteiger partial charge in [0.25, 0.3) is 0 Å². The maximum atomic E-state index is 15.1. The Morgan fingerprint density at radius 3 is 2.47 bits per heavy atom. The molecule has 0 saturated carbocycles. The van der Waals surface area contributed by atoms with Gasteiger partial charge in [0, 0.05) is 13.0 Å². The Hall–Kier alpha value is -2.83. The highest BCUT2D eigenvalue weighted by molar-refractivity contribution is 5.86. The Kier molecular flexibility index (Phi) is 7.74. The molecule has 2 aromatic rings. The molecule has 3 rings (SSSR count). The molecule has 2 aromatic carbocycles. The van der Waals surface area contributed by atoms with Crippen molar-refractivity contribution in [3.8, 4) is 0 Å². The molecule has 3 atom stereocenters. The third-order valence-corrected chi connectivity index (χ3v) is 5.92.